The summed E-state index contributed by atoms with van der Waals surface area (Å²) in [6.07, 6.45) is 5.62. The first-order valence-corrected chi connectivity index (χ1v) is 36.4. The molecular weight excluding hydrogens is 1460 g/mol. The molecule has 18 nitrogen and oxygen atoms in total. The molecule has 7 aliphatic heterocycles. The van der Waals surface area contributed by atoms with Crippen molar-refractivity contribution in [3.63, 3.8) is 0 Å². The highest BCUT2D eigenvalue weighted by Gasteiger charge is 2.22. The molecular formula is C92H93ClFN11O7S. The quantitative estimate of drug-likeness (QED) is 0.153. The summed E-state index contributed by atoms with van der Waals surface area (Å²) in [7, 11) is 1.93. The molecule has 21 rings (SSSR count). The van der Waals surface area contributed by atoms with Crippen molar-refractivity contribution in [1.82, 2.24) is 19.7 Å². The number of pyridine rings is 2. The van der Waals surface area contributed by atoms with E-state index in [0.717, 1.165) is 121 Å². The Morgan fingerprint density at radius 3 is 1.36 bits per heavy atom. The molecule has 0 bridgehead atoms. The van der Waals surface area contributed by atoms with E-state index in [2.05, 4.69) is 185 Å². The van der Waals surface area contributed by atoms with E-state index < -0.39 is 0 Å². The smallest absolute Gasteiger partial charge is 0.145 e. The van der Waals surface area contributed by atoms with Gasteiger partial charge in [0.1, 0.15) is 52.1 Å². The Labute approximate surface area is 668 Å². The van der Waals surface area contributed by atoms with E-state index in [4.69, 9.17) is 45.5 Å². The van der Waals surface area contributed by atoms with Crippen molar-refractivity contribution in [3.8, 4) is 10.4 Å². The number of benzene rings is 10. The minimum atomic E-state index is -0.213. The van der Waals surface area contributed by atoms with Crippen LogP contribution in [0.5, 0.6) is 0 Å². The summed E-state index contributed by atoms with van der Waals surface area (Å²) in [6.45, 7) is 17.4. The number of thiophene rings is 1. The van der Waals surface area contributed by atoms with Gasteiger partial charge in [0, 0.05) is 125 Å². The van der Waals surface area contributed by atoms with Gasteiger partial charge in [-0.15, -0.1) is 11.3 Å². The molecule has 7 aliphatic rings. The van der Waals surface area contributed by atoms with Gasteiger partial charge >= 0.3 is 0 Å². The maximum absolute atomic E-state index is 13.1. The number of fused-ring (bicyclic) bond motifs is 18. The van der Waals surface area contributed by atoms with E-state index >= 15 is 0 Å². The molecule has 0 saturated carbocycles. The molecule has 578 valence electrons. The first-order chi connectivity index (χ1) is 52.7. The van der Waals surface area contributed by atoms with Crippen LogP contribution in [0.1, 0.15) is 163 Å². The lowest BCUT2D eigenvalue weighted by Crippen LogP contribution is -2.09. The zero-order valence-electron chi connectivity index (χ0n) is 60.6. The van der Waals surface area contributed by atoms with E-state index in [1.807, 2.05) is 115 Å². The van der Waals surface area contributed by atoms with Crippen LogP contribution in [0.25, 0.3) is 75.5 Å². The fourth-order valence-electron chi connectivity index (χ4n) is 14.0. The molecule has 21 heteroatoms. The maximum atomic E-state index is 13.1. The van der Waals surface area contributed by atoms with E-state index in [0.29, 0.717) is 46.2 Å². The normalized spacial score (nSPS) is 13.7. The zero-order valence-corrected chi connectivity index (χ0v) is 62.2. The molecule has 113 heavy (non-hydrogen) atoms. The molecule has 0 N–H and O–H groups in total. The van der Waals surface area contributed by atoms with Crippen LogP contribution in [0.2, 0.25) is 4.34 Å². The summed E-state index contributed by atoms with van der Waals surface area (Å²) in [4.78, 5) is 46.1. The van der Waals surface area contributed by atoms with Gasteiger partial charge < -0.3 is 33.9 Å². The second kappa shape index (κ2) is 37.0. The van der Waals surface area contributed by atoms with Gasteiger partial charge in [-0.3, -0.25) is 14.6 Å². The second-order valence-electron chi connectivity index (χ2n) is 26.4. The summed E-state index contributed by atoms with van der Waals surface area (Å²) in [5, 5.41) is 42.7. The molecule has 4 aromatic heterocycles. The Balaban J connectivity index is 0.000000139. The fourth-order valence-corrected chi connectivity index (χ4v) is 15.0. The van der Waals surface area contributed by atoms with Gasteiger partial charge in [-0.05, 0) is 147 Å². The second-order valence-corrected chi connectivity index (χ2v) is 28.1. The molecule has 0 spiro atoms. The van der Waals surface area contributed by atoms with E-state index in [1.165, 1.54) is 88.6 Å². The molecule has 0 unspecified atom stereocenters. The number of oxime groups is 7. The maximum Gasteiger partial charge on any atom is 0.145 e. The van der Waals surface area contributed by atoms with Gasteiger partial charge in [0.15, 0.2) is 0 Å². The Hall–Kier alpha value is -12.5. The number of aryl methyl sites for hydroxylation is 1. The Morgan fingerprint density at radius 2 is 0.770 bits per heavy atom. The molecule has 10 aromatic carbocycles. The van der Waals surface area contributed by atoms with Crippen molar-refractivity contribution < 1.29 is 38.3 Å². The van der Waals surface area contributed by atoms with Crippen LogP contribution in [0.15, 0.2) is 249 Å². The first-order valence-electron chi connectivity index (χ1n) is 35.2. The monoisotopic (exact) mass is 1550 g/mol. The van der Waals surface area contributed by atoms with Gasteiger partial charge in [-0.1, -0.05) is 218 Å². The largest absolute Gasteiger partial charge is 0.391 e. The number of rotatable bonds is 1. The topological polar surface area (TPSA) is 195 Å². The minimum Gasteiger partial charge on any atom is -0.391 e. The highest BCUT2D eigenvalue weighted by Crippen LogP contribution is 2.35. The van der Waals surface area contributed by atoms with Crippen LogP contribution < -0.4 is 0 Å². The van der Waals surface area contributed by atoms with Crippen LogP contribution in [0.4, 0.5) is 4.39 Å². The lowest BCUT2D eigenvalue weighted by Gasteiger charge is -2.16. The Morgan fingerprint density at radius 1 is 0.345 bits per heavy atom. The molecule has 0 radical (unpaired) electrons. The van der Waals surface area contributed by atoms with Gasteiger partial charge in [0.05, 0.1) is 60.9 Å². The van der Waals surface area contributed by atoms with E-state index in [9.17, 15) is 4.39 Å². The molecule has 0 atom stereocenters. The molecule has 0 saturated heterocycles. The summed E-state index contributed by atoms with van der Waals surface area (Å²) < 4.78 is 15.7. The van der Waals surface area contributed by atoms with Crippen molar-refractivity contribution >= 4 is 128 Å². The number of aromatic nitrogens is 4. The van der Waals surface area contributed by atoms with Crippen molar-refractivity contribution in [2.24, 2.45) is 43.1 Å². The zero-order chi connectivity index (χ0) is 74.4. The highest BCUT2D eigenvalue weighted by atomic mass is 35.5. The first kappa shape index (κ1) is 83.0. The molecule has 0 aliphatic carbocycles. The Bertz CT molecular complexity index is 5810. The minimum absolute atomic E-state index is 0. The van der Waals surface area contributed by atoms with Crippen LogP contribution in [-0.2, 0) is 87.2 Å². The van der Waals surface area contributed by atoms with Crippen LogP contribution >= 0.6 is 22.9 Å². The molecule has 11 heterocycles. The third-order valence-electron chi connectivity index (χ3n) is 19.4. The summed E-state index contributed by atoms with van der Waals surface area (Å²) in [5.74, 6) is -0.213. The molecule has 0 fully saturated rings. The Kier molecular flexibility index (Phi) is 27.2. The van der Waals surface area contributed by atoms with Crippen molar-refractivity contribution in [2.45, 2.75) is 132 Å². The number of halogens is 2. The summed E-state index contributed by atoms with van der Waals surface area (Å²) in [5.41, 5.74) is 27.1. The summed E-state index contributed by atoms with van der Waals surface area (Å²) in [6, 6.07) is 64.8. The van der Waals surface area contributed by atoms with Crippen LogP contribution in [0, 0.1) is 5.82 Å². The lowest BCUT2D eigenvalue weighted by atomic mass is 9.96. The predicted molar refractivity (Wildman–Crippen MR) is 463 cm³/mol. The third-order valence-corrected chi connectivity index (χ3v) is 20.6. The third kappa shape index (κ3) is 18.0. The van der Waals surface area contributed by atoms with E-state index in [-0.39, 0.29) is 43.0 Å². The van der Waals surface area contributed by atoms with Gasteiger partial charge in [0.25, 0.3) is 0 Å². The molecule has 14 aromatic rings. The highest BCUT2D eigenvalue weighted by molar-refractivity contribution is 7.19. The fraction of sp³-hybridized carbons (Fsp3) is 0.217. The predicted octanol–water partition coefficient (Wildman–Crippen LogP) is 23.7. The van der Waals surface area contributed by atoms with Crippen molar-refractivity contribution in [2.75, 3.05) is 0 Å². The number of hydrogen-bond donors (Lipinski definition) is 0. The number of hydrogen-bond acceptors (Lipinski definition) is 18. The lowest BCUT2D eigenvalue weighted by molar-refractivity contribution is 0.126. The summed E-state index contributed by atoms with van der Waals surface area (Å²) >= 11 is 7.54. The van der Waals surface area contributed by atoms with Crippen LogP contribution in [-0.4, -0.2) is 59.7 Å². The van der Waals surface area contributed by atoms with Crippen molar-refractivity contribution in [1.29, 1.82) is 0 Å². The average molecular weight is 1550 g/mol. The average Bonchev–Trinajstić information content (AvgIpc) is 1.74. The van der Waals surface area contributed by atoms with Gasteiger partial charge in [-0.2, -0.15) is 5.10 Å². The van der Waals surface area contributed by atoms with Gasteiger partial charge in [0.2, 0.25) is 0 Å². The van der Waals surface area contributed by atoms with Crippen molar-refractivity contribution in [3.05, 3.63) is 301 Å². The standard InChI is InChI=1S/C13H10ClNOS.C13H10FNO.2C13H11NO.2C12H10N2O.C11H11N3O.5CH4/c1-8-11-3-2-9(6-10(11)7-16-15-8)12-4-5-13(14)17-12;1-8-11-4-2-9-6-10(14)3-5-12(9)13(11)7-16-15-8;1-9-13-7-11-5-3-2-4-10(11)6-12(13)8-15-14-9;1-9-11-7-6-10-4-2-3-5-12(10)13(11)8-15-14-9;1-8-9-4-5-12-10(3-2-6-13-12)11(9)7-15-14-8;1-8-10-5-4-9-3-2-6-13-12(9)11(10)7-15-14-8;1-7-9-4-3-8-5-14(2)12-11(8)10(9)6-15-13-7;;;;;/h2-6H,7H2,1H3;2-6H,7H2,1H3;2*2-7H,8H2,1H3;2*2-6H,7H2,1H3;3-5H,6H2,1-2H3;5*1H4. The SMILES string of the molecule is C.C.C.C.C.CC1=NOCc2c1ccc1cc(F)ccc21.CC1=NOCc2c1ccc1ccccc21.CC1=NOCc2c1ccc1cccnc21.CC1=NOCc2c1ccc1cn(C)nc21.CC1=NOCc2c1ccc1ncccc21.CC1=NOCc2cc(-c3ccc(Cl)s3)ccc21.CC1=NOCc2cc3ccccc3cc21. The van der Waals surface area contributed by atoms with Crippen LogP contribution in [0.3, 0.4) is 0 Å². The number of nitrogens with zero attached hydrogens (tertiary/aromatic N) is 11. The van der Waals surface area contributed by atoms with Gasteiger partial charge in [-0.25, -0.2) is 4.39 Å². The van der Waals surface area contributed by atoms with E-state index in [1.54, 1.807) is 23.6 Å². The molecule has 0 amide bonds.